The van der Waals surface area contributed by atoms with Gasteiger partial charge in [0.25, 0.3) is 0 Å². The van der Waals surface area contributed by atoms with Gasteiger partial charge >= 0.3 is 0 Å². The zero-order chi connectivity index (χ0) is 24.0. The van der Waals surface area contributed by atoms with E-state index in [-0.39, 0.29) is 33.8 Å². The van der Waals surface area contributed by atoms with Crippen molar-refractivity contribution in [2.24, 2.45) is 0 Å². The van der Waals surface area contributed by atoms with Gasteiger partial charge < -0.3 is 20.8 Å². The Morgan fingerprint density at radius 3 is 1.26 bits per heavy atom. The van der Waals surface area contributed by atoms with E-state index in [1.807, 2.05) is 62.4 Å². The van der Waals surface area contributed by atoms with Crippen LogP contribution in [-0.4, -0.2) is 21.8 Å². The second kappa shape index (κ2) is 8.08. The number of nitrogens with one attached hydrogen (secondary N) is 2. The molecule has 5 rings (SSSR count). The van der Waals surface area contributed by atoms with Gasteiger partial charge in [-0.1, -0.05) is 36.4 Å². The number of ketones is 2. The second-order valence-electron chi connectivity index (χ2n) is 8.30. The Morgan fingerprint density at radius 2 is 0.882 bits per heavy atom. The highest BCUT2D eigenvalue weighted by Gasteiger charge is 2.38. The van der Waals surface area contributed by atoms with Crippen LogP contribution < -0.4 is 10.6 Å². The van der Waals surface area contributed by atoms with E-state index in [9.17, 15) is 19.8 Å². The Balaban J connectivity index is 1.74. The molecule has 6 nitrogen and oxygen atoms in total. The number of para-hydroxylation sites is 2. The molecule has 0 radical (unpaired) electrons. The van der Waals surface area contributed by atoms with Crippen molar-refractivity contribution < 1.29 is 19.8 Å². The van der Waals surface area contributed by atoms with Crippen molar-refractivity contribution in [3.05, 3.63) is 106 Å². The molecule has 0 fully saturated rings. The molecule has 0 atom stereocenters. The predicted molar refractivity (Wildman–Crippen MR) is 132 cm³/mol. The standard InChI is InChI=1S/C28H22N2O4/c1-15-7-3-5-9-17(15)29-19-11-12-20(30-18-10-6-4-8-16(18)2)24-23(19)27(33)25-21(31)13-14-22(32)26(25)28(24)34/h3-14,29-32H,1-2H3. The van der Waals surface area contributed by atoms with E-state index in [1.54, 1.807) is 12.1 Å². The van der Waals surface area contributed by atoms with E-state index >= 15 is 0 Å². The van der Waals surface area contributed by atoms with Crippen LogP contribution in [0.4, 0.5) is 22.7 Å². The quantitative estimate of drug-likeness (QED) is 0.252. The van der Waals surface area contributed by atoms with Crippen molar-refractivity contribution in [1.82, 2.24) is 0 Å². The molecule has 0 spiro atoms. The van der Waals surface area contributed by atoms with Crippen molar-refractivity contribution in [2.75, 3.05) is 10.6 Å². The van der Waals surface area contributed by atoms with E-state index in [1.165, 1.54) is 12.1 Å². The SMILES string of the molecule is Cc1ccccc1Nc1ccc(Nc2ccccc2C)c2c1C(=O)c1c(O)ccc(O)c1C2=O. The summed E-state index contributed by atoms with van der Waals surface area (Å²) in [6.07, 6.45) is 0. The summed E-state index contributed by atoms with van der Waals surface area (Å²) in [5.41, 5.74) is 4.27. The maximum atomic E-state index is 13.7. The lowest BCUT2D eigenvalue weighted by Gasteiger charge is -2.25. The number of aromatic hydroxyl groups is 2. The monoisotopic (exact) mass is 450 g/mol. The molecular weight excluding hydrogens is 428 g/mol. The van der Waals surface area contributed by atoms with E-state index in [4.69, 9.17) is 0 Å². The van der Waals surface area contributed by atoms with E-state index < -0.39 is 11.6 Å². The number of anilines is 4. The highest BCUT2D eigenvalue weighted by atomic mass is 16.3. The fraction of sp³-hybridized carbons (Fsp3) is 0.0714. The van der Waals surface area contributed by atoms with Crippen LogP contribution in [0.5, 0.6) is 11.5 Å². The minimum absolute atomic E-state index is 0.139. The fourth-order valence-electron chi connectivity index (χ4n) is 4.29. The summed E-state index contributed by atoms with van der Waals surface area (Å²) in [5.74, 6) is -1.78. The fourth-order valence-corrected chi connectivity index (χ4v) is 4.29. The van der Waals surface area contributed by atoms with Gasteiger partial charge in [-0.3, -0.25) is 9.59 Å². The number of rotatable bonds is 4. The molecule has 6 heteroatoms. The molecule has 4 aromatic rings. The number of hydrogen-bond donors (Lipinski definition) is 4. The van der Waals surface area contributed by atoms with Crippen LogP contribution in [0.25, 0.3) is 0 Å². The molecule has 0 aromatic heterocycles. The molecular formula is C28H22N2O4. The first kappa shape index (κ1) is 21.3. The zero-order valence-electron chi connectivity index (χ0n) is 18.6. The molecule has 1 aliphatic rings. The summed E-state index contributed by atoms with van der Waals surface area (Å²) in [7, 11) is 0. The average Bonchev–Trinajstić information content (AvgIpc) is 2.82. The highest BCUT2D eigenvalue weighted by molar-refractivity contribution is 6.33. The Hall–Kier alpha value is -4.58. The zero-order valence-corrected chi connectivity index (χ0v) is 18.6. The van der Waals surface area contributed by atoms with Crippen LogP contribution in [0.15, 0.2) is 72.8 Å². The molecule has 4 N–H and O–H groups in total. The van der Waals surface area contributed by atoms with E-state index in [0.717, 1.165) is 22.5 Å². The normalized spacial score (nSPS) is 12.2. The minimum Gasteiger partial charge on any atom is -0.507 e. The minimum atomic E-state index is -0.539. The van der Waals surface area contributed by atoms with Crippen LogP contribution in [-0.2, 0) is 0 Å². The molecule has 1 aliphatic carbocycles. The maximum Gasteiger partial charge on any atom is 0.200 e. The second-order valence-corrected chi connectivity index (χ2v) is 8.30. The molecule has 4 aromatic carbocycles. The van der Waals surface area contributed by atoms with Gasteiger partial charge in [-0.15, -0.1) is 0 Å². The van der Waals surface area contributed by atoms with Gasteiger partial charge in [0.2, 0.25) is 11.6 Å². The van der Waals surface area contributed by atoms with Crippen LogP contribution >= 0.6 is 0 Å². The highest BCUT2D eigenvalue weighted by Crippen LogP contribution is 2.43. The molecule has 34 heavy (non-hydrogen) atoms. The van der Waals surface area contributed by atoms with Gasteiger partial charge in [-0.25, -0.2) is 0 Å². The lowest BCUT2D eigenvalue weighted by atomic mass is 9.81. The third-order valence-corrected chi connectivity index (χ3v) is 6.10. The van der Waals surface area contributed by atoms with Gasteiger partial charge in [0.05, 0.1) is 33.6 Å². The predicted octanol–water partition coefficient (Wildman–Crippen LogP) is 5.98. The Labute approximate surface area is 196 Å². The summed E-state index contributed by atoms with van der Waals surface area (Å²) >= 11 is 0. The van der Waals surface area contributed by atoms with Crippen LogP contribution in [0.3, 0.4) is 0 Å². The number of aryl methyl sites for hydroxylation is 2. The summed E-state index contributed by atoms with van der Waals surface area (Å²) in [6, 6.07) is 21.1. The first-order valence-corrected chi connectivity index (χ1v) is 10.8. The number of phenols is 2. The van der Waals surface area contributed by atoms with Crippen molar-refractivity contribution >= 4 is 34.3 Å². The molecule has 0 unspecified atom stereocenters. The first-order chi connectivity index (χ1) is 16.4. The van der Waals surface area contributed by atoms with Crippen molar-refractivity contribution in [3.63, 3.8) is 0 Å². The number of benzene rings is 4. The first-order valence-electron chi connectivity index (χ1n) is 10.8. The van der Waals surface area contributed by atoms with Crippen molar-refractivity contribution in [2.45, 2.75) is 13.8 Å². The lowest BCUT2D eigenvalue weighted by molar-refractivity contribution is 0.0975. The van der Waals surface area contributed by atoms with E-state index in [0.29, 0.717) is 11.4 Å². The molecule has 0 amide bonds. The summed E-state index contributed by atoms with van der Waals surface area (Å²) in [5, 5.41) is 27.4. The topological polar surface area (TPSA) is 98.7 Å². The van der Waals surface area contributed by atoms with Gasteiger partial charge in [0, 0.05) is 11.4 Å². The Morgan fingerprint density at radius 1 is 0.500 bits per heavy atom. The lowest BCUT2D eigenvalue weighted by Crippen LogP contribution is -2.24. The smallest absolute Gasteiger partial charge is 0.200 e. The number of fused-ring (bicyclic) bond motifs is 2. The number of carbonyl (C=O) groups is 2. The third kappa shape index (κ3) is 3.36. The van der Waals surface area contributed by atoms with E-state index in [2.05, 4.69) is 10.6 Å². The molecule has 0 aliphatic heterocycles. The summed E-state index contributed by atoms with van der Waals surface area (Å²) in [6.45, 7) is 3.88. The summed E-state index contributed by atoms with van der Waals surface area (Å²) in [4.78, 5) is 27.4. The Kier molecular flexibility index (Phi) is 5.06. The number of phenolic OH excluding ortho intramolecular Hbond substituents is 2. The third-order valence-electron chi connectivity index (χ3n) is 6.10. The molecule has 0 heterocycles. The van der Waals surface area contributed by atoms with Gasteiger partial charge in [0.15, 0.2) is 0 Å². The molecule has 0 saturated carbocycles. The largest absolute Gasteiger partial charge is 0.507 e. The number of hydrogen-bond acceptors (Lipinski definition) is 6. The van der Waals surface area contributed by atoms with Crippen molar-refractivity contribution in [3.8, 4) is 11.5 Å². The summed E-state index contributed by atoms with van der Waals surface area (Å²) < 4.78 is 0. The molecule has 0 bridgehead atoms. The van der Waals surface area contributed by atoms with Gasteiger partial charge in [-0.2, -0.15) is 0 Å². The van der Waals surface area contributed by atoms with Crippen molar-refractivity contribution in [1.29, 1.82) is 0 Å². The molecule has 168 valence electrons. The average molecular weight is 450 g/mol. The van der Waals surface area contributed by atoms with Crippen LogP contribution in [0, 0.1) is 13.8 Å². The van der Waals surface area contributed by atoms with Crippen LogP contribution in [0.1, 0.15) is 43.0 Å². The van der Waals surface area contributed by atoms with Gasteiger partial charge in [0.1, 0.15) is 11.5 Å². The Bertz CT molecular complexity index is 1380. The number of carbonyl (C=O) groups excluding carboxylic acids is 2. The molecule has 0 saturated heterocycles. The van der Waals surface area contributed by atoms with Gasteiger partial charge in [-0.05, 0) is 61.4 Å². The maximum absolute atomic E-state index is 13.7. The van der Waals surface area contributed by atoms with Crippen LogP contribution in [0.2, 0.25) is 0 Å².